The van der Waals surface area contributed by atoms with E-state index >= 15 is 0 Å². The van der Waals surface area contributed by atoms with Crippen LogP contribution in [0.5, 0.6) is 5.75 Å². The zero-order valence-corrected chi connectivity index (χ0v) is 9.84. The highest BCUT2D eigenvalue weighted by molar-refractivity contribution is 6.07. The largest absolute Gasteiger partial charge is 0.493 e. The highest BCUT2D eigenvalue weighted by Gasteiger charge is 2.24. The molecule has 1 N–H and O–H groups in total. The van der Waals surface area contributed by atoms with Gasteiger partial charge in [-0.2, -0.15) is 10.2 Å². The Labute approximate surface area is 97.8 Å². The molecule has 2 heterocycles. The van der Waals surface area contributed by atoms with Gasteiger partial charge in [-0.3, -0.25) is 14.6 Å². The van der Waals surface area contributed by atoms with E-state index in [4.69, 9.17) is 4.74 Å². The predicted octanol–water partition coefficient (Wildman–Crippen LogP) is 0.822. The summed E-state index contributed by atoms with van der Waals surface area (Å²) in [6.45, 7) is 3.87. The second kappa shape index (κ2) is 4.36. The normalized spacial score (nSPS) is 10.8. The molecule has 2 rings (SSSR count). The van der Waals surface area contributed by atoms with Crippen LogP contribution in [0, 0.1) is 0 Å². The fraction of sp³-hybridized carbons (Fsp3) is 0.400. The van der Waals surface area contributed by atoms with Gasteiger partial charge in [0.15, 0.2) is 17.3 Å². The number of aromatic amines is 1. The Bertz CT molecular complexity index is 515. The van der Waals surface area contributed by atoms with Gasteiger partial charge in [-0.1, -0.05) is 0 Å². The molecule has 0 unspecified atom stereocenters. The van der Waals surface area contributed by atoms with Gasteiger partial charge in [0.1, 0.15) is 6.33 Å². The zero-order chi connectivity index (χ0) is 12.4. The van der Waals surface area contributed by atoms with Gasteiger partial charge in [-0.25, -0.2) is 4.98 Å². The number of nitrogens with zero attached hydrogens (tertiary/aromatic N) is 4. The van der Waals surface area contributed by atoms with Gasteiger partial charge >= 0.3 is 0 Å². The summed E-state index contributed by atoms with van der Waals surface area (Å²) < 4.78 is 6.73. The Morgan fingerprint density at radius 2 is 2.29 bits per heavy atom. The summed E-state index contributed by atoms with van der Waals surface area (Å²) in [5.41, 5.74) is 0.374. The van der Waals surface area contributed by atoms with E-state index in [1.807, 2.05) is 13.8 Å². The van der Waals surface area contributed by atoms with E-state index in [2.05, 4.69) is 20.3 Å². The van der Waals surface area contributed by atoms with Gasteiger partial charge in [0, 0.05) is 6.04 Å². The van der Waals surface area contributed by atoms with Crippen LogP contribution >= 0.6 is 0 Å². The monoisotopic (exact) mass is 235 g/mol. The number of hydrogen-bond donors (Lipinski definition) is 1. The van der Waals surface area contributed by atoms with E-state index in [1.54, 1.807) is 4.68 Å². The first kappa shape index (κ1) is 11.3. The van der Waals surface area contributed by atoms with Crippen LogP contribution in [-0.2, 0) is 0 Å². The molecule has 0 fully saturated rings. The molecule has 7 nitrogen and oxygen atoms in total. The Morgan fingerprint density at radius 3 is 2.82 bits per heavy atom. The van der Waals surface area contributed by atoms with Crippen LogP contribution in [0.1, 0.15) is 36.2 Å². The van der Waals surface area contributed by atoms with Crippen LogP contribution in [0.3, 0.4) is 0 Å². The average molecular weight is 235 g/mol. The second-order valence-electron chi connectivity index (χ2n) is 3.76. The minimum absolute atomic E-state index is 0.0563. The molecule has 7 heteroatoms. The summed E-state index contributed by atoms with van der Waals surface area (Å²) in [6.07, 6.45) is 2.80. The number of hydrogen-bond acceptors (Lipinski definition) is 5. The molecule has 2 aromatic heterocycles. The van der Waals surface area contributed by atoms with Crippen molar-refractivity contribution in [2.24, 2.45) is 0 Å². The quantitative estimate of drug-likeness (QED) is 0.793. The van der Waals surface area contributed by atoms with Gasteiger partial charge in [0.2, 0.25) is 0 Å². The summed E-state index contributed by atoms with van der Waals surface area (Å²) in [6, 6.07) is 0.0563. The van der Waals surface area contributed by atoms with Gasteiger partial charge in [0.25, 0.3) is 5.78 Å². The Kier molecular flexibility index (Phi) is 2.90. The van der Waals surface area contributed by atoms with Crippen molar-refractivity contribution in [1.29, 1.82) is 0 Å². The molecule has 0 amide bonds. The van der Waals surface area contributed by atoms with E-state index in [0.29, 0.717) is 11.4 Å². The van der Waals surface area contributed by atoms with E-state index < -0.39 is 0 Å². The molecular formula is C10H13N5O2. The van der Waals surface area contributed by atoms with Crippen molar-refractivity contribution < 1.29 is 9.53 Å². The average Bonchev–Trinajstić information content (AvgIpc) is 2.96. The highest BCUT2D eigenvalue weighted by atomic mass is 16.5. The number of H-pyrrole nitrogens is 1. The number of ketones is 1. The van der Waals surface area contributed by atoms with Crippen molar-refractivity contribution in [3.63, 3.8) is 0 Å². The Balaban J connectivity index is 2.49. The molecule has 0 aromatic carbocycles. The molecule has 90 valence electrons. The van der Waals surface area contributed by atoms with Crippen LogP contribution in [0.15, 0.2) is 12.5 Å². The molecule has 0 aliphatic heterocycles. The fourth-order valence-electron chi connectivity index (χ4n) is 1.53. The summed E-state index contributed by atoms with van der Waals surface area (Å²) in [4.78, 5) is 16.0. The lowest BCUT2D eigenvalue weighted by atomic mass is 10.2. The van der Waals surface area contributed by atoms with Gasteiger partial charge < -0.3 is 4.74 Å². The van der Waals surface area contributed by atoms with Crippen molar-refractivity contribution in [3.05, 3.63) is 24.0 Å². The van der Waals surface area contributed by atoms with Crippen molar-refractivity contribution in [1.82, 2.24) is 25.0 Å². The molecule has 0 saturated heterocycles. The predicted molar refractivity (Wildman–Crippen MR) is 59.0 cm³/mol. The lowest BCUT2D eigenvalue weighted by Crippen LogP contribution is -2.15. The van der Waals surface area contributed by atoms with Crippen LogP contribution in [-0.4, -0.2) is 37.9 Å². The first-order chi connectivity index (χ1) is 8.15. The van der Waals surface area contributed by atoms with E-state index in [-0.39, 0.29) is 17.6 Å². The molecule has 2 aromatic rings. The third-order valence-corrected chi connectivity index (χ3v) is 2.32. The molecule has 0 spiro atoms. The number of nitrogens with one attached hydrogen (secondary N) is 1. The molecule has 0 aliphatic carbocycles. The topological polar surface area (TPSA) is 85.7 Å². The summed E-state index contributed by atoms with van der Waals surface area (Å²) in [5, 5.41) is 10.3. The second-order valence-corrected chi connectivity index (χ2v) is 3.76. The van der Waals surface area contributed by atoms with Crippen LogP contribution in [0.2, 0.25) is 0 Å². The van der Waals surface area contributed by atoms with Crippen LogP contribution < -0.4 is 4.74 Å². The lowest BCUT2D eigenvalue weighted by Gasteiger charge is -2.09. The Hall–Kier alpha value is -2.18. The number of methoxy groups -OCH3 is 1. The maximum Gasteiger partial charge on any atom is 0.251 e. The van der Waals surface area contributed by atoms with E-state index in [1.165, 1.54) is 19.6 Å². The maximum atomic E-state index is 12.2. The molecule has 0 bridgehead atoms. The highest BCUT2D eigenvalue weighted by Crippen LogP contribution is 2.22. The number of carbonyl (C=O) groups is 1. The van der Waals surface area contributed by atoms with Crippen molar-refractivity contribution >= 4 is 5.78 Å². The lowest BCUT2D eigenvalue weighted by molar-refractivity contribution is 0.101. The number of ether oxygens (including phenoxy) is 1. The minimum atomic E-state index is -0.287. The standard InChI is InChI=1S/C10H13N5O2/c1-6(2)15-8(7(17-3)4-13-15)9(16)10-11-5-12-14-10/h4-6H,1-3H3,(H,11,12,14). The van der Waals surface area contributed by atoms with E-state index in [0.717, 1.165) is 0 Å². The van der Waals surface area contributed by atoms with Crippen LogP contribution in [0.4, 0.5) is 0 Å². The number of carbonyl (C=O) groups excluding carboxylic acids is 1. The first-order valence-electron chi connectivity index (χ1n) is 5.16. The third kappa shape index (κ3) is 1.91. The SMILES string of the molecule is COc1cnn(C(C)C)c1C(=O)c1ncn[nH]1. The molecule has 17 heavy (non-hydrogen) atoms. The fourth-order valence-corrected chi connectivity index (χ4v) is 1.53. The van der Waals surface area contributed by atoms with Crippen molar-refractivity contribution in [2.45, 2.75) is 19.9 Å². The number of rotatable bonds is 4. The Morgan fingerprint density at radius 1 is 1.53 bits per heavy atom. The number of aromatic nitrogens is 5. The van der Waals surface area contributed by atoms with Gasteiger partial charge in [-0.05, 0) is 13.8 Å². The molecule has 0 radical (unpaired) electrons. The summed E-state index contributed by atoms with van der Waals surface area (Å²) in [7, 11) is 1.50. The molecule has 0 atom stereocenters. The molecular weight excluding hydrogens is 222 g/mol. The molecule has 0 saturated carbocycles. The van der Waals surface area contributed by atoms with Crippen molar-refractivity contribution in [3.8, 4) is 5.75 Å². The van der Waals surface area contributed by atoms with Crippen molar-refractivity contribution in [2.75, 3.05) is 7.11 Å². The van der Waals surface area contributed by atoms with Crippen LogP contribution in [0.25, 0.3) is 0 Å². The third-order valence-electron chi connectivity index (χ3n) is 2.32. The van der Waals surface area contributed by atoms with Gasteiger partial charge in [-0.15, -0.1) is 0 Å². The maximum absolute atomic E-state index is 12.2. The zero-order valence-electron chi connectivity index (χ0n) is 9.84. The first-order valence-corrected chi connectivity index (χ1v) is 5.16. The minimum Gasteiger partial charge on any atom is -0.493 e. The van der Waals surface area contributed by atoms with Gasteiger partial charge in [0.05, 0.1) is 13.3 Å². The summed E-state index contributed by atoms with van der Waals surface area (Å²) in [5.74, 6) is 0.316. The summed E-state index contributed by atoms with van der Waals surface area (Å²) >= 11 is 0. The van der Waals surface area contributed by atoms with E-state index in [9.17, 15) is 4.79 Å². The molecule has 0 aliphatic rings. The smallest absolute Gasteiger partial charge is 0.251 e.